The molecule has 1 fully saturated rings. The Labute approximate surface area is 191 Å². The molecular weight excluding hydrogens is 429 g/mol. The summed E-state index contributed by atoms with van der Waals surface area (Å²) in [7, 11) is 1.59. The van der Waals surface area contributed by atoms with Gasteiger partial charge in [-0.15, -0.1) is 0 Å². The second-order valence-corrected chi connectivity index (χ2v) is 9.39. The molecule has 1 aliphatic rings. The van der Waals surface area contributed by atoms with Crippen LogP contribution in [0, 0.1) is 5.82 Å². The van der Waals surface area contributed by atoms with Gasteiger partial charge in [0.05, 0.1) is 13.2 Å². The summed E-state index contributed by atoms with van der Waals surface area (Å²) >= 11 is 7.45. The zero-order chi connectivity index (χ0) is 21.8. The second-order valence-electron chi connectivity index (χ2n) is 7.52. The molecule has 3 aromatic rings. The number of phenolic OH excluding ortho intramolecular Hbond substituents is 1. The number of para-hydroxylation sites is 1. The zero-order valence-corrected chi connectivity index (χ0v) is 18.8. The van der Waals surface area contributed by atoms with Crippen LogP contribution in [0.15, 0.2) is 72.8 Å². The molecule has 0 aliphatic carbocycles. The number of rotatable bonds is 7. The number of phenols is 1. The predicted octanol–water partition coefficient (Wildman–Crippen LogP) is 6.51. The number of benzene rings is 3. The van der Waals surface area contributed by atoms with Gasteiger partial charge in [-0.05, 0) is 61.2 Å². The SMILES string of the molecule is COc1ccc(C2[C@H](CCCc3ccc(F)cc3)SC(=S)N2c2ccccc2)c(O)c1. The molecule has 0 bridgehead atoms. The van der Waals surface area contributed by atoms with Gasteiger partial charge in [0.2, 0.25) is 0 Å². The maximum atomic E-state index is 13.2. The highest BCUT2D eigenvalue weighted by Gasteiger charge is 2.41. The van der Waals surface area contributed by atoms with Crippen LogP contribution in [0.1, 0.15) is 30.0 Å². The summed E-state index contributed by atoms with van der Waals surface area (Å²) in [4.78, 5) is 2.14. The molecule has 1 heterocycles. The first-order valence-electron chi connectivity index (χ1n) is 10.2. The van der Waals surface area contributed by atoms with Crippen molar-refractivity contribution in [1.82, 2.24) is 0 Å². The summed E-state index contributed by atoms with van der Waals surface area (Å²) in [5.41, 5.74) is 2.97. The van der Waals surface area contributed by atoms with Crippen molar-refractivity contribution in [3.63, 3.8) is 0 Å². The van der Waals surface area contributed by atoms with Gasteiger partial charge in [-0.2, -0.15) is 0 Å². The Morgan fingerprint density at radius 1 is 1.06 bits per heavy atom. The Balaban J connectivity index is 1.60. The minimum absolute atomic E-state index is 0.0842. The van der Waals surface area contributed by atoms with E-state index >= 15 is 0 Å². The molecule has 3 nitrogen and oxygen atoms in total. The zero-order valence-electron chi connectivity index (χ0n) is 17.2. The third-order valence-electron chi connectivity index (χ3n) is 5.54. The number of methoxy groups -OCH3 is 1. The van der Waals surface area contributed by atoms with Crippen LogP contribution in [-0.2, 0) is 6.42 Å². The molecule has 0 saturated carbocycles. The maximum absolute atomic E-state index is 13.2. The predicted molar refractivity (Wildman–Crippen MR) is 130 cm³/mol. The fourth-order valence-electron chi connectivity index (χ4n) is 4.00. The van der Waals surface area contributed by atoms with E-state index in [1.54, 1.807) is 24.9 Å². The maximum Gasteiger partial charge on any atom is 0.141 e. The average molecular weight is 454 g/mol. The molecular formula is C25H24FNO2S2. The number of aryl methyl sites for hydroxylation is 1. The van der Waals surface area contributed by atoms with Crippen molar-refractivity contribution < 1.29 is 14.2 Å². The van der Waals surface area contributed by atoms with Gasteiger partial charge in [0.1, 0.15) is 21.6 Å². The highest BCUT2D eigenvalue weighted by atomic mass is 32.2. The highest BCUT2D eigenvalue weighted by Crippen LogP contribution is 2.48. The van der Waals surface area contributed by atoms with Gasteiger partial charge in [-0.1, -0.05) is 54.3 Å². The Hall–Kier alpha value is -2.57. The third kappa shape index (κ3) is 4.86. The summed E-state index contributed by atoms with van der Waals surface area (Å²) in [6, 6.07) is 22.1. The van der Waals surface area contributed by atoms with Crippen LogP contribution in [-0.4, -0.2) is 21.8 Å². The van der Waals surface area contributed by atoms with E-state index < -0.39 is 0 Å². The summed E-state index contributed by atoms with van der Waals surface area (Å²) < 4.78 is 19.2. The number of thioether (sulfide) groups is 1. The topological polar surface area (TPSA) is 32.7 Å². The molecule has 1 unspecified atom stereocenters. The largest absolute Gasteiger partial charge is 0.507 e. The standard InChI is InChI=1S/C25H24FNO2S2/c1-29-20-14-15-21(22(28)16-20)24-23(9-5-6-17-10-12-18(26)13-11-17)31-25(30)27(24)19-7-3-2-4-8-19/h2-4,7-8,10-16,23-24,28H,5-6,9H2,1H3/t23-,24?/m0/s1. The van der Waals surface area contributed by atoms with Gasteiger partial charge in [0.25, 0.3) is 0 Å². The minimum Gasteiger partial charge on any atom is -0.507 e. The van der Waals surface area contributed by atoms with Gasteiger partial charge in [-0.25, -0.2) is 4.39 Å². The van der Waals surface area contributed by atoms with Gasteiger partial charge in [0.15, 0.2) is 0 Å². The van der Waals surface area contributed by atoms with Crippen molar-refractivity contribution >= 4 is 34.0 Å². The van der Waals surface area contributed by atoms with Gasteiger partial charge in [-0.3, -0.25) is 0 Å². The van der Waals surface area contributed by atoms with E-state index in [4.69, 9.17) is 17.0 Å². The van der Waals surface area contributed by atoms with Crippen molar-refractivity contribution in [3.8, 4) is 11.5 Å². The molecule has 160 valence electrons. The van der Waals surface area contributed by atoms with Crippen LogP contribution in [0.3, 0.4) is 0 Å². The van der Waals surface area contributed by atoms with E-state index in [9.17, 15) is 9.50 Å². The summed E-state index contributed by atoms with van der Waals surface area (Å²) in [6.07, 6.45) is 2.74. The number of ether oxygens (including phenoxy) is 1. The van der Waals surface area contributed by atoms with E-state index in [1.165, 1.54) is 12.1 Å². The number of aromatic hydroxyl groups is 1. The molecule has 0 spiro atoms. The van der Waals surface area contributed by atoms with E-state index in [0.717, 1.165) is 40.4 Å². The number of nitrogens with zero attached hydrogens (tertiary/aromatic N) is 1. The molecule has 1 N–H and O–H groups in total. The Kier molecular flexibility index (Phi) is 6.78. The van der Waals surface area contributed by atoms with Crippen molar-refractivity contribution in [1.29, 1.82) is 0 Å². The van der Waals surface area contributed by atoms with E-state index in [1.807, 2.05) is 54.6 Å². The van der Waals surface area contributed by atoms with E-state index in [-0.39, 0.29) is 22.9 Å². The molecule has 0 radical (unpaired) electrons. The van der Waals surface area contributed by atoms with Crippen LogP contribution in [0.5, 0.6) is 11.5 Å². The van der Waals surface area contributed by atoms with Crippen LogP contribution in [0.4, 0.5) is 10.1 Å². The van der Waals surface area contributed by atoms with Gasteiger partial charge >= 0.3 is 0 Å². The molecule has 1 aliphatic heterocycles. The van der Waals surface area contributed by atoms with Crippen molar-refractivity contribution in [2.45, 2.75) is 30.6 Å². The monoisotopic (exact) mass is 453 g/mol. The summed E-state index contributed by atoms with van der Waals surface area (Å²) in [6.45, 7) is 0. The fourth-order valence-corrected chi connectivity index (χ4v) is 5.86. The van der Waals surface area contributed by atoms with Crippen LogP contribution in [0.2, 0.25) is 0 Å². The fraction of sp³-hybridized carbons (Fsp3) is 0.240. The number of halogens is 1. The molecule has 0 amide bonds. The lowest BCUT2D eigenvalue weighted by Crippen LogP contribution is -2.29. The number of hydrogen-bond donors (Lipinski definition) is 1. The molecule has 31 heavy (non-hydrogen) atoms. The summed E-state index contributed by atoms with van der Waals surface area (Å²) in [5.74, 6) is 0.613. The minimum atomic E-state index is -0.214. The van der Waals surface area contributed by atoms with E-state index in [0.29, 0.717) is 5.75 Å². The number of thiocarbonyl (C=S) groups is 1. The van der Waals surface area contributed by atoms with Crippen molar-refractivity contribution in [2.24, 2.45) is 0 Å². The van der Waals surface area contributed by atoms with Crippen LogP contribution in [0.25, 0.3) is 0 Å². The quantitative estimate of drug-likeness (QED) is 0.412. The smallest absolute Gasteiger partial charge is 0.141 e. The first kappa shape index (κ1) is 21.7. The first-order chi connectivity index (χ1) is 15.1. The van der Waals surface area contributed by atoms with Crippen molar-refractivity contribution in [2.75, 3.05) is 12.0 Å². The lowest BCUT2D eigenvalue weighted by molar-refractivity contribution is 0.405. The molecule has 4 rings (SSSR count). The van der Waals surface area contributed by atoms with Gasteiger partial charge in [0, 0.05) is 22.6 Å². The average Bonchev–Trinajstić information content (AvgIpc) is 3.11. The molecule has 0 aromatic heterocycles. The summed E-state index contributed by atoms with van der Waals surface area (Å²) in [5, 5.41) is 11.0. The first-order valence-corrected chi connectivity index (χ1v) is 11.5. The van der Waals surface area contributed by atoms with Crippen LogP contribution < -0.4 is 9.64 Å². The molecule has 2 atom stereocenters. The lowest BCUT2D eigenvalue weighted by atomic mass is 9.96. The highest BCUT2D eigenvalue weighted by molar-refractivity contribution is 8.24. The molecule has 1 saturated heterocycles. The number of anilines is 1. The third-order valence-corrected chi connectivity index (χ3v) is 7.22. The normalized spacial score (nSPS) is 18.4. The Morgan fingerprint density at radius 3 is 2.48 bits per heavy atom. The molecule has 3 aromatic carbocycles. The number of hydrogen-bond acceptors (Lipinski definition) is 4. The Morgan fingerprint density at radius 2 is 1.81 bits per heavy atom. The van der Waals surface area contributed by atoms with E-state index in [2.05, 4.69) is 4.90 Å². The Bertz CT molecular complexity index is 1040. The van der Waals surface area contributed by atoms with Gasteiger partial charge < -0.3 is 14.7 Å². The van der Waals surface area contributed by atoms with Crippen LogP contribution >= 0.6 is 24.0 Å². The second kappa shape index (κ2) is 9.71. The lowest BCUT2D eigenvalue weighted by Gasteiger charge is -2.29. The van der Waals surface area contributed by atoms with Crippen molar-refractivity contribution in [3.05, 3.63) is 89.7 Å². The molecule has 6 heteroatoms.